The molecule has 3 heteroatoms. The molecule has 1 aliphatic rings. The molecule has 11 heavy (non-hydrogen) atoms. The molecule has 2 rings (SSSR count). The third kappa shape index (κ3) is 2.05. The Morgan fingerprint density at radius 1 is 1.55 bits per heavy atom. The highest BCUT2D eigenvalue weighted by atomic mass is 16.5. The van der Waals surface area contributed by atoms with Gasteiger partial charge in [0.25, 0.3) is 0 Å². The van der Waals surface area contributed by atoms with Gasteiger partial charge in [0.15, 0.2) is 0 Å². The maximum Gasteiger partial charge on any atom is 0.123 e. The van der Waals surface area contributed by atoms with Crippen molar-refractivity contribution in [3.63, 3.8) is 0 Å². The van der Waals surface area contributed by atoms with E-state index < -0.39 is 0 Å². The summed E-state index contributed by atoms with van der Waals surface area (Å²) in [4.78, 5) is 3.92. The Kier molecular flexibility index (Phi) is 1.90. The summed E-state index contributed by atoms with van der Waals surface area (Å²) >= 11 is 0. The van der Waals surface area contributed by atoms with Gasteiger partial charge in [-0.15, -0.1) is 0 Å². The average molecular weight is 152 g/mol. The Morgan fingerprint density at radius 3 is 3.09 bits per heavy atom. The van der Waals surface area contributed by atoms with Gasteiger partial charge in [0.1, 0.15) is 6.73 Å². The molecule has 0 spiro atoms. The Morgan fingerprint density at radius 2 is 2.45 bits per heavy atom. The van der Waals surface area contributed by atoms with Gasteiger partial charge < -0.3 is 9.30 Å². The van der Waals surface area contributed by atoms with Gasteiger partial charge in [0, 0.05) is 12.4 Å². The lowest BCUT2D eigenvalue weighted by Gasteiger charge is -2.02. The van der Waals surface area contributed by atoms with Gasteiger partial charge in [0.05, 0.1) is 12.9 Å². The summed E-state index contributed by atoms with van der Waals surface area (Å²) in [5.41, 5.74) is 0. The molecule has 1 fully saturated rings. The van der Waals surface area contributed by atoms with E-state index in [2.05, 4.69) is 4.98 Å². The second kappa shape index (κ2) is 3.05. The minimum atomic E-state index is 0.649. The second-order valence-electron chi connectivity index (χ2n) is 3.02. The van der Waals surface area contributed by atoms with Gasteiger partial charge in [-0.2, -0.15) is 0 Å². The molecular weight excluding hydrogens is 140 g/mol. The van der Waals surface area contributed by atoms with E-state index in [0.29, 0.717) is 6.73 Å². The van der Waals surface area contributed by atoms with Crippen LogP contribution in [0.4, 0.5) is 0 Å². The zero-order valence-electron chi connectivity index (χ0n) is 6.44. The summed E-state index contributed by atoms with van der Waals surface area (Å²) < 4.78 is 7.36. The lowest BCUT2D eigenvalue weighted by molar-refractivity contribution is 0.0689. The molecule has 1 aliphatic carbocycles. The fraction of sp³-hybridized carbons (Fsp3) is 0.625. The predicted octanol–water partition coefficient (Wildman–Crippen LogP) is 1.27. The van der Waals surface area contributed by atoms with E-state index in [0.717, 1.165) is 12.5 Å². The minimum absolute atomic E-state index is 0.649. The molecule has 3 nitrogen and oxygen atoms in total. The third-order valence-corrected chi connectivity index (χ3v) is 1.85. The van der Waals surface area contributed by atoms with E-state index in [1.54, 1.807) is 12.5 Å². The molecule has 0 N–H and O–H groups in total. The largest absolute Gasteiger partial charge is 0.360 e. The Balaban J connectivity index is 1.66. The molecule has 0 bridgehead atoms. The van der Waals surface area contributed by atoms with E-state index >= 15 is 0 Å². The fourth-order valence-corrected chi connectivity index (χ4v) is 0.972. The number of hydrogen-bond donors (Lipinski definition) is 0. The second-order valence-corrected chi connectivity index (χ2v) is 3.02. The van der Waals surface area contributed by atoms with E-state index in [1.165, 1.54) is 12.8 Å². The van der Waals surface area contributed by atoms with Crippen molar-refractivity contribution in [2.45, 2.75) is 19.6 Å². The van der Waals surface area contributed by atoms with Gasteiger partial charge in [-0.1, -0.05) is 0 Å². The summed E-state index contributed by atoms with van der Waals surface area (Å²) in [7, 11) is 0. The first kappa shape index (κ1) is 6.85. The van der Waals surface area contributed by atoms with Crippen LogP contribution >= 0.6 is 0 Å². The number of aromatic nitrogens is 2. The van der Waals surface area contributed by atoms with Crippen LogP contribution < -0.4 is 0 Å². The Bertz CT molecular complexity index is 204. The molecule has 0 aromatic carbocycles. The molecule has 0 saturated heterocycles. The van der Waals surface area contributed by atoms with Crippen LogP contribution in [0.3, 0.4) is 0 Å². The normalized spacial score (nSPS) is 17.1. The Hall–Kier alpha value is -0.830. The maximum absolute atomic E-state index is 5.42. The third-order valence-electron chi connectivity index (χ3n) is 1.85. The van der Waals surface area contributed by atoms with Crippen molar-refractivity contribution in [1.29, 1.82) is 0 Å². The number of rotatable bonds is 4. The first-order chi connectivity index (χ1) is 5.45. The molecule has 60 valence electrons. The molecule has 0 unspecified atom stereocenters. The van der Waals surface area contributed by atoms with Crippen LogP contribution in [0.2, 0.25) is 0 Å². The SMILES string of the molecule is c1cn(COCC2CC2)cn1. The lowest BCUT2D eigenvalue weighted by atomic mass is 10.5. The molecule has 1 heterocycles. The minimum Gasteiger partial charge on any atom is -0.360 e. The molecule has 1 aromatic rings. The molecule has 0 atom stereocenters. The van der Waals surface area contributed by atoms with Gasteiger partial charge in [-0.3, -0.25) is 0 Å². The average Bonchev–Trinajstić information content (AvgIpc) is 2.66. The zero-order chi connectivity index (χ0) is 7.52. The van der Waals surface area contributed by atoms with Crippen LogP contribution in [-0.2, 0) is 11.5 Å². The van der Waals surface area contributed by atoms with E-state index in [4.69, 9.17) is 4.74 Å². The van der Waals surface area contributed by atoms with Gasteiger partial charge in [-0.05, 0) is 18.8 Å². The van der Waals surface area contributed by atoms with Crippen molar-refractivity contribution < 1.29 is 4.74 Å². The first-order valence-electron chi connectivity index (χ1n) is 3.98. The number of ether oxygens (including phenoxy) is 1. The summed E-state index contributed by atoms with van der Waals surface area (Å²) in [5.74, 6) is 0.846. The van der Waals surface area contributed by atoms with E-state index in [-0.39, 0.29) is 0 Å². The number of imidazole rings is 1. The van der Waals surface area contributed by atoms with Crippen molar-refractivity contribution in [2.75, 3.05) is 6.61 Å². The molecule has 0 amide bonds. The maximum atomic E-state index is 5.42. The topological polar surface area (TPSA) is 27.1 Å². The van der Waals surface area contributed by atoms with Crippen LogP contribution in [0, 0.1) is 5.92 Å². The lowest BCUT2D eigenvalue weighted by Crippen LogP contribution is -2.02. The van der Waals surface area contributed by atoms with Crippen LogP contribution in [-0.4, -0.2) is 16.2 Å². The van der Waals surface area contributed by atoms with Crippen molar-refractivity contribution in [3.8, 4) is 0 Å². The highest BCUT2D eigenvalue weighted by Gasteiger charge is 2.20. The van der Waals surface area contributed by atoms with Crippen molar-refractivity contribution in [2.24, 2.45) is 5.92 Å². The molecular formula is C8H12N2O. The van der Waals surface area contributed by atoms with Crippen LogP contribution in [0.5, 0.6) is 0 Å². The van der Waals surface area contributed by atoms with Crippen molar-refractivity contribution in [3.05, 3.63) is 18.7 Å². The standard InChI is InChI=1S/C8H12N2O/c1-2-8(1)5-11-7-10-4-3-9-6-10/h3-4,6,8H,1-2,5,7H2. The predicted molar refractivity (Wildman–Crippen MR) is 40.9 cm³/mol. The summed E-state index contributed by atoms with van der Waals surface area (Å²) in [6.07, 6.45) is 8.15. The van der Waals surface area contributed by atoms with E-state index in [1.807, 2.05) is 10.8 Å². The monoisotopic (exact) mass is 152 g/mol. The smallest absolute Gasteiger partial charge is 0.123 e. The van der Waals surface area contributed by atoms with Gasteiger partial charge in [0.2, 0.25) is 0 Å². The van der Waals surface area contributed by atoms with Gasteiger partial charge in [-0.25, -0.2) is 4.98 Å². The zero-order valence-corrected chi connectivity index (χ0v) is 6.44. The molecule has 0 radical (unpaired) electrons. The fourth-order valence-electron chi connectivity index (χ4n) is 0.972. The number of nitrogens with zero attached hydrogens (tertiary/aromatic N) is 2. The summed E-state index contributed by atoms with van der Waals surface area (Å²) in [6.45, 7) is 1.56. The van der Waals surface area contributed by atoms with Crippen molar-refractivity contribution >= 4 is 0 Å². The number of hydrogen-bond acceptors (Lipinski definition) is 2. The highest BCUT2D eigenvalue weighted by Crippen LogP contribution is 2.28. The van der Waals surface area contributed by atoms with E-state index in [9.17, 15) is 0 Å². The quantitative estimate of drug-likeness (QED) is 0.649. The molecule has 1 aromatic heterocycles. The first-order valence-corrected chi connectivity index (χ1v) is 3.98. The van der Waals surface area contributed by atoms with Gasteiger partial charge >= 0.3 is 0 Å². The summed E-state index contributed by atoms with van der Waals surface area (Å²) in [5, 5.41) is 0. The highest BCUT2D eigenvalue weighted by molar-refractivity contribution is 4.74. The summed E-state index contributed by atoms with van der Waals surface area (Å²) in [6, 6.07) is 0. The molecule has 0 aliphatic heterocycles. The van der Waals surface area contributed by atoms with Crippen LogP contribution in [0.15, 0.2) is 18.7 Å². The molecule has 1 saturated carbocycles. The van der Waals surface area contributed by atoms with Crippen LogP contribution in [0.1, 0.15) is 12.8 Å². The Labute approximate surface area is 66.0 Å². The van der Waals surface area contributed by atoms with Crippen molar-refractivity contribution in [1.82, 2.24) is 9.55 Å². The van der Waals surface area contributed by atoms with Crippen LogP contribution in [0.25, 0.3) is 0 Å².